The molecule has 1 aliphatic rings. The molecular formula is C12H9NO5-2. The van der Waals surface area contributed by atoms with Crippen LogP contribution in [0.15, 0.2) is 24.3 Å². The Kier molecular flexibility index (Phi) is 3.01. The van der Waals surface area contributed by atoms with E-state index in [4.69, 9.17) is 0 Å². The van der Waals surface area contributed by atoms with Crippen molar-refractivity contribution in [3.63, 3.8) is 0 Å². The Bertz CT molecular complexity index is 525. The second kappa shape index (κ2) is 4.48. The summed E-state index contributed by atoms with van der Waals surface area (Å²) < 4.78 is 0. The number of hydrogen-bond donors (Lipinski definition) is 0. The van der Waals surface area contributed by atoms with Gasteiger partial charge in [0, 0.05) is 30.5 Å². The number of carbonyl (C=O) groups excluding carboxylic acids is 3. The Hall–Kier alpha value is -2.37. The minimum Gasteiger partial charge on any atom is -0.550 e. The number of benzene rings is 1. The molecule has 6 heteroatoms. The number of carboxylic acids is 2. The van der Waals surface area contributed by atoms with E-state index in [2.05, 4.69) is 0 Å². The fourth-order valence-corrected chi connectivity index (χ4v) is 1.92. The summed E-state index contributed by atoms with van der Waals surface area (Å²) in [5, 5.41) is 21.4. The van der Waals surface area contributed by atoms with Crippen LogP contribution in [0.25, 0.3) is 0 Å². The van der Waals surface area contributed by atoms with E-state index in [9.17, 15) is 24.6 Å². The third-order valence-corrected chi connectivity index (χ3v) is 2.85. The number of anilines is 1. The molecule has 18 heavy (non-hydrogen) atoms. The number of rotatable bonds is 3. The van der Waals surface area contributed by atoms with E-state index in [1.165, 1.54) is 23.1 Å². The van der Waals surface area contributed by atoms with Crippen LogP contribution in [0.5, 0.6) is 0 Å². The highest BCUT2D eigenvalue weighted by Gasteiger charge is 2.31. The summed E-state index contributed by atoms with van der Waals surface area (Å²) >= 11 is 0. The SMILES string of the molecule is O=C([O-])c1cccc(N2C[C@H](C(=O)[O-])CC2=O)c1. The lowest BCUT2D eigenvalue weighted by molar-refractivity contribution is -0.310. The second-order valence-corrected chi connectivity index (χ2v) is 4.06. The maximum absolute atomic E-state index is 11.6. The minimum atomic E-state index is -1.35. The average Bonchev–Trinajstić information content (AvgIpc) is 2.72. The first-order valence-electron chi connectivity index (χ1n) is 5.31. The van der Waals surface area contributed by atoms with E-state index in [0.29, 0.717) is 5.69 Å². The van der Waals surface area contributed by atoms with E-state index in [1.54, 1.807) is 6.07 Å². The van der Waals surface area contributed by atoms with Crippen molar-refractivity contribution in [1.29, 1.82) is 0 Å². The summed E-state index contributed by atoms with van der Waals surface area (Å²) in [6.45, 7) is -0.00231. The van der Waals surface area contributed by atoms with Crippen molar-refractivity contribution in [2.45, 2.75) is 6.42 Å². The Morgan fingerprint density at radius 3 is 2.56 bits per heavy atom. The van der Waals surface area contributed by atoms with Gasteiger partial charge in [-0.3, -0.25) is 4.79 Å². The van der Waals surface area contributed by atoms with Crippen LogP contribution in [0.2, 0.25) is 0 Å². The summed E-state index contributed by atoms with van der Waals surface area (Å²) in [6.07, 6.45) is -0.127. The first-order chi connectivity index (χ1) is 8.49. The Morgan fingerprint density at radius 1 is 1.28 bits per heavy atom. The zero-order chi connectivity index (χ0) is 13.3. The van der Waals surface area contributed by atoms with E-state index in [-0.39, 0.29) is 24.4 Å². The minimum absolute atomic E-state index is 0.00231. The van der Waals surface area contributed by atoms with Crippen LogP contribution in [0.1, 0.15) is 16.8 Å². The number of aliphatic carboxylic acids is 1. The molecule has 0 saturated carbocycles. The van der Waals surface area contributed by atoms with Gasteiger partial charge in [0.1, 0.15) is 0 Å². The molecule has 94 valence electrons. The van der Waals surface area contributed by atoms with Crippen molar-refractivity contribution in [3.8, 4) is 0 Å². The van der Waals surface area contributed by atoms with Crippen LogP contribution in [0.3, 0.4) is 0 Å². The first-order valence-corrected chi connectivity index (χ1v) is 5.31. The number of carbonyl (C=O) groups is 3. The molecule has 1 aromatic carbocycles. The Morgan fingerprint density at radius 2 is 2.00 bits per heavy atom. The highest BCUT2D eigenvalue weighted by molar-refractivity contribution is 5.99. The molecule has 0 unspecified atom stereocenters. The molecule has 1 heterocycles. The molecular weight excluding hydrogens is 238 g/mol. The molecule has 1 aromatic rings. The van der Waals surface area contributed by atoms with E-state index in [0.717, 1.165) is 0 Å². The molecule has 1 fully saturated rings. The molecule has 0 aliphatic carbocycles. The van der Waals surface area contributed by atoms with Crippen LogP contribution in [0, 0.1) is 5.92 Å². The molecule has 1 amide bonds. The van der Waals surface area contributed by atoms with E-state index >= 15 is 0 Å². The summed E-state index contributed by atoms with van der Waals surface area (Å²) in [7, 11) is 0. The standard InChI is InChI=1S/C12H11NO5/c14-10-5-8(12(17)18)6-13(10)9-3-1-2-7(4-9)11(15)16/h1-4,8H,5-6H2,(H,15,16)(H,17,18)/p-2/t8-/m1/s1. The van der Waals surface area contributed by atoms with Crippen molar-refractivity contribution in [1.82, 2.24) is 0 Å². The highest BCUT2D eigenvalue weighted by Crippen LogP contribution is 2.25. The highest BCUT2D eigenvalue weighted by atomic mass is 16.4. The molecule has 1 aliphatic heterocycles. The van der Waals surface area contributed by atoms with Gasteiger partial charge >= 0.3 is 0 Å². The molecule has 0 aromatic heterocycles. The van der Waals surface area contributed by atoms with Crippen molar-refractivity contribution < 1.29 is 24.6 Å². The van der Waals surface area contributed by atoms with E-state index in [1.807, 2.05) is 0 Å². The Balaban J connectivity index is 2.27. The Labute approximate surface area is 102 Å². The van der Waals surface area contributed by atoms with Crippen LogP contribution < -0.4 is 15.1 Å². The zero-order valence-electron chi connectivity index (χ0n) is 9.29. The predicted octanol–water partition coefficient (Wildman–Crippen LogP) is -1.85. The van der Waals surface area contributed by atoms with Crippen molar-refractivity contribution in [3.05, 3.63) is 29.8 Å². The van der Waals surface area contributed by atoms with Crippen molar-refractivity contribution >= 4 is 23.5 Å². The van der Waals surface area contributed by atoms with Crippen molar-refractivity contribution in [2.75, 3.05) is 11.4 Å². The third kappa shape index (κ3) is 2.17. The van der Waals surface area contributed by atoms with Gasteiger partial charge < -0.3 is 24.7 Å². The number of nitrogens with zero attached hydrogens (tertiary/aromatic N) is 1. The average molecular weight is 247 g/mol. The topological polar surface area (TPSA) is 101 Å². The molecule has 2 rings (SSSR count). The molecule has 0 radical (unpaired) electrons. The molecule has 6 nitrogen and oxygen atoms in total. The van der Waals surface area contributed by atoms with Gasteiger partial charge in [0.2, 0.25) is 5.91 Å². The fraction of sp³-hybridized carbons (Fsp3) is 0.250. The largest absolute Gasteiger partial charge is 0.550 e. The number of carboxylic acid groups (broad SMARTS) is 2. The van der Waals surface area contributed by atoms with Crippen LogP contribution in [-0.4, -0.2) is 24.4 Å². The predicted molar refractivity (Wildman–Crippen MR) is 56.2 cm³/mol. The van der Waals surface area contributed by atoms with Gasteiger partial charge in [-0.1, -0.05) is 12.1 Å². The van der Waals surface area contributed by atoms with Crippen LogP contribution in [0.4, 0.5) is 5.69 Å². The number of aromatic carboxylic acids is 1. The normalized spacial score (nSPS) is 19.0. The molecule has 0 bridgehead atoms. The summed E-state index contributed by atoms with van der Waals surface area (Å²) in [4.78, 5) is 34.3. The summed E-state index contributed by atoms with van der Waals surface area (Å²) in [6, 6.07) is 5.64. The third-order valence-electron chi connectivity index (χ3n) is 2.85. The summed E-state index contributed by atoms with van der Waals surface area (Å²) in [5.41, 5.74) is 0.294. The zero-order valence-corrected chi connectivity index (χ0v) is 9.29. The van der Waals surface area contributed by atoms with E-state index < -0.39 is 17.9 Å². The molecule has 0 spiro atoms. The van der Waals surface area contributed by atoms with Gasteiger partial charge in [-0.05, 0) is 17.7 Å². The van der Waals surface area contributed by atoms with Crippen LogP contribution >= 0.6 is 0 Å². The van der Waals surface area contributed by atoms with Gasteiger partial charge in [-0.25, -0.2) is 0 Å². The number of hydrogen-bond acceptors (Lipinski definition) is 5. The smallest absolute Gasteiger partial charge is 0.227 e. The van der Waals surface area contributed by atoms with Gasteiger partial charge in [0.15, 0.2) is 0 Å². The fourth-order valence-electron chi connectivity index (χ4n) is 1.92. The quantitative estimate of drug-likeness (QED) is 0.624. The van der Waals surface area contributed by atoms with Gasteiger partial charge in [-0.15, -0.1) is 0 Å². The summed E-state index contributed by atoms with van der Waals surface area (Å²) in [5.74, 6) is -3.84. The van der Waals surface area contributed by atoms with Gasteiger partial charge in [0.25, 0.3) is 0 Å². The first kappa shape index (κ1) is 12.1. The van der Waals surface area contributed by atoms with Crippen LogP contribution in [-0.2, 0) is 9.59 Å². The monoisotopic (exact) mass is 247 g/mol. The molecule has 1 saturated heterocycles. The maximum Gasteiger partial charge on any atom is 0.227 e. The maximum atomic E-state index is 11.6. The lowest BCUT2D eigenvalue weighted by Crippen LogP contribution is -2.33. The lowest BCUT2D eigenvalue weighted by atomic mass is 10.1. The lowest BCUT2D eigenvalue weighted by Gasteiger charge is -2.18. The molecule has 0 N–H and O–H groups in total. The van der Waals surface area contributed by atoms with Crippen molar-refractivity contribution in [2.24, 2.45) is 5.92 Å². The molecule has 1 atom stereocenters. The van der Waals surface area contributed by atoms with Gasteiger partial charge in [0.05, 0.1) is 5.97 Å². The second-order valence-electron chi connectivity index (χ2n) is 4.06. The van der Waals surface area contributed by atoms with Gasteiger partial charge in [-0.2, -0.15) is 0 Å². The number of amides is 1.